The molecule has 0 spiro atoms. The number of halogens is 1. The Bertz CT molecular complexity index is 790. The van der Waals surface area contributed by atoms with Gasteiger partial charge in [0.15, 0.2) is 0 Å². The molecule has 5 nitrogen and oxygen atoms in total. The van der Waals surface area contributed by atoms with Crippen molar-refractivity contribution in [2.24, 2.45) is 0 Å². The minimum atomic E-state index is -0.216. The third-order valence-electron chi connectivity index (χ3n) is 4.63. The molecule has 0 unspecified atom stereocenters. The molecule has 0 radical (unpaired) electrons. The van der Waals surface area contributed by atoms with Crippen molar-refractivity contribution in [1.82, 2.24) is 10.2 Å². The molecule has 2 aromatic carbocycles. The average molecular weight is 375 g/mol. The third-order valence-corrected chi connectivity index (χ3v) is 4.88. The highest BCUT2D eigenvalue weighted by molar-refractivity contribution is 6.30. The van der Waals surface area contributed by atoms with E-state index in [0.717, 1.165) is 11.1 Å². The predicted octanol–water partition coefficient (Wildman–Crippen LogP) is 3.93. The first-order chi connectivity index (χ1) is 12.3. The summed E-state index contributed by atoms with van der Waals surface area (Å²) in [5.74, 6) is 0.785. The van der Waals surface area contributed by atoms with E-state index in [1.807, 2.05) is 24.3 Å². The Kier molecular flexibility index (Phi) is 5.28. The van der Waals surface area contributed by atoms with Crippen LogP contribution in [0.1, 0.15) is 25.0 Å². The molecule has 2 N–H and O–H groups in total. The summed E-state index contributed by atoms with van der Waals surface area (Å²) in [4.78, 5) is 14.4. The summed E-state index contributed by atoms with van der Waals surface area (Å²) >= 11 is 5.95. The first kappa shape index (κ1) is 18.4. The number of ether oxygens (including phenoxy) is 1. The molecule has 2 aromatic rings. The maximum Gasteiger partial charge on any atom is 0.317 e. The monoisotopic (exact) mass is 374 g/mol. The van der Waals surface area contributed by atoms with Crippen LogP contribution >= 0.6 is 11.6 Å². The second kappa shape index (κ2) is 7.46. The van der Waals surface area contributed by atoms with Crippen LogP contribution in [-0.4, -0.2) is 35.7 Å². The van der Waals surface area contributed by atoms with Crippen LogP contribution in [0, 0.1) is 0 Å². The highest BCUT2D eigenvalue weighted by Gasteiger charge is 2.24. The number of nitrogens with one attached hydrogen (secondary N) is 1. The van der Waals surface area contributed by atoms with Crippen LogP contribution in [0.2, 0.25) is 5.02 Å². The lowest BCUT2D eigenvalue weighted by Gasteiger charge is -2.28. The summed E-state index contributed by atoms with van der Waals surface area (Å²) in [6.07, 6.45) is 0. The minimum absolute atomic E-state index is 0.128. The number of phenols is 1. The summed E-state index contributed by atoms with van der Waals surface area (Å²) in [5, 5.41) is 13.3. The van der Waals surface area contributed by atoms with Crippen molar-refractivity contribution in [3.05, 3.63) is 58.6 Å². The quantitative estimate of drug-likeness (QED) is 0.855. The summed E-state index contributed by atoms with van der Waals surface area (Å²) < 4.78 is 5.64. The maximum absolute atomic E-state index is 12.6. The fourth-order valence-corrected chi connectivity index (χ4v) is 3.07. The summed E-state index contributed by atoms with van der Waals surface area (Å²) in [7, 11) is 0. The van der Waals surface area contributed by atoms with Gasteiger partial charge in [-0.25, -0.2) is 4.79 Å². The van der Waals surface area contributed by atoms with Crippen molar-refractivity contribution in [3.63, 3.8) is 0 Å². The third kappa shape index (κ3) is 4.22. The summed E-state index contributed by atoms with van der Waals surface area (Å²) in [6, 6.07) is 12.5. The SMILES string of the molecule is CC(C)(CNC(=O)N1CCOc2cc(O)ccc2C1)c1ccc(Cl)cc1. The molecule has 0 aliphatic carbocycles. The molecule has 1 aliphatic rings. The van der Waals surface area contributed by atoms with E-state index in [1.165, 1.54) is 0 Å². The van der Waals surface area contributed by atoms with E-state index >= 15 is 0 Å². The molecule has 6 heteroatoms. The maximum atomic E-state index is 12.6. The number of carbonyl (C=O) groups is 1. The lowest BCUT2D eigenvalue weighted by molar-refractivity contribution is 0.185. The van der Waals surface area contributed by atoms with Gasteiger partial charge in [-0.1, -0.05) is 37.6 Å². The number of fused-ring (bicyclic) bond motifs is 1. The number of urea groups is 1. The molecule has 1 aliphatic heterocycles. The molecule has 0 bridgehead atoms. The standard InChI is InChI=1S/C20H23ClN2O3/c1-20(2,15-4-6-16(21)7-5-15)13-22-19(25)23-9-10-26-18-11-17(24)8-3-14(18)12-23/h3-8,11,24H,9-10,12-13H2,1-2H3,(H,22,25). The van der Waals surface area contributed by atoms with Gasteiger partial charge in [-0.15, -0.1) is 0 Å². The number of nitrogens with zero attached hydrogens (tertiary/aromatic N) is 1. The smallest absolute Gasteiger partial charge is 0.317 e. The molecule has 0 atom stereocenters. The van der Waals surface area contributed by atoms with Crippen LogP contribution in [0.15, 0.2) is 42.5 Å². The zero-order valence-electron chi connectivity index (χ0n) is 15.0. The Morgan fingerprint density at radius 1 is 1.27 bits per heavy atom. The Morgan fingerprint density at radius 2 is 2.00 bits per heavy atom. The Labute approximate surface area is 158 Å². The van der Waals surface area contributed by atoms with Crippen molar-refractivity contribution < 1.29 is 14.6 Å². The van der Waals surface area contributed by atoms with Crippen molar-refractivity contribution in [3.8, 4) is 11.5 Å². The van der Waals surface area contributed by atoms with Gasteiger partial charge >= 0.3 is 6.03 Å². The van der Waals surface area contributed by atoms with Gasteiger partial charge in [0.2, 0.25) is 0 Å². The number of rotatable bonds is 3. The second-order valence-corrected chi connectivity index (χ2v) is 7.55. The van der Waals surface area contributed by atoms with E-state index in [0.29, 0.717) is 37.0 Å². The molecule has 0 fully saturated rings. The molecular weight excluding hydrogens is 352 g/mol. The molecule has 138 valence electrons. The van der Waals surface area contributed by atoms with Crippen molar-refractivity contribution in [1.29, 1.82) is 0 Å². The first-order valence-corrected chi connectivity index (χ1v) is 8.96. The van der Waals surface area contributed by atoms with E-state index in [4.69, 9.17) is 16.3 Å². The number of benzene rings is 2. The molecule has 1 heterocycles. The molecule has 0 saturated heterocycles. The zero-order chi connectivity index (χ0) is 18.7. The van der Waals surface area contributed by atoms with E-state index in [2.05, 4.69) is 19.2 Å². The summed E-state index contributed by atoms with van der Waals surface area (Å²) in [5.41, 5.74) is 1.78. The van der Waals surface area contributed by atoms with E-state index in [1.54, 1.807) is 23.1 Å². The number of phenolic OH excluding ortho intramolecular Hbond substituents is 1. The van der Waals surface area contributed by atoms with Gasteiger partial charge in [0, 0.05) is 28.6 Å². The number of hydrogen-bond acceptors (Lipinski definition) is 3. The normalized spacial score (nSPS) is 14.2. The molecule has 26 heavy (non-hydrogen) atoms. The van der Waals surface area contributed by atoms with Crippen LogP contribution < -0.4 is 10.1 Å². The van der Waals surface area contributed by atoms with Crippen molar-refractivity contribution >= 4 is 17.6 Å². The van der Waals surface area contributed by atoms with Gasteiger partial charge in [-0.2, -0.15) is 0 Å². The highest BCUT2D eigenvalue weighted by Crippen LogP contribution is 2.28. The molecule has 2 amide bonds. The van der Waals surface area contributed by atoms with Crippen LogP contribution in [0.3, 0.4) is 0 Å². The van der Waals surface area contributed by atoms with Gasteiger partial charge in [-0.3, -0.25) is 0 Å². The highest BCUT2D eigenvalue weighted by atomic mass is 35.5. The molecule has 3 rings (SSSR count). The Balaban J connectivity index is 1.64. The van der Waals surface area contributed by atoms with Crippen LogP contribution in [0.5, 0.6) is 11.5 Å². The number of aromatic hydroxyl groups is 1. The van der Waals surface area contributed by atoms with E-state index in [-0.39, 0.29) is 17.2 Å². The first-order valence-electron chi connectivity index (χ1n) is 8.59. The summed E-state index contributed by atoms with van der Waals surface area (Å²) in [6.45, 7) is 6.00. The average Bonchev–Trinajstić information content (AvgIpc) is 2.82. The van der Waals surface area contributed by atoms with Crippen LogP contribution in [0.25, 0.3) is 0 Å². The molecule has 0 aromatic heterocycles. The van der Waals surface area contributed by atoms with Gasteiger partial charge in [0.05, 0.1) is 13.1 Å². The fraction of sp³-hybridized carbons (Fsp3) is 0.350. The number of amides is 2. The predicted molar refractivity (Wildman–Crippen MR) is 102 cm³/mol. The minimum Gasteiger partial charge on any atom is -0.508 e. The lowest BCUT2D eigenvalue weighted by Crippen LogP contribution is -2.45. The van der Waals surface area contributed by atoms with Gasteiger partial charge in [0.1, 0.15) is 18.1 Å². The topological polar surface area (TPSA) is 61.8 Å². The van der Waals surface area contributed by atoms with E-state index < -0.39 is 0 Å². The zero-order valence-corrected chi connectivity index (χ0v) is 15.7. The number of hydrogen-bond donors (Lipinski definition) is 2. The Hall–Kier alpha value is -2.40. The van der Waals surface area contributed by atoms with Gasteiger partial charge in [-0.05, 0) is 29.8 Å². The van der Waals surface area contributed by atoms with Crippen molar-refractivity contribution in [2.75, 3.05) is 19.7 Å². The largest absolute Gasteiger partial charge is 0.508 e. The second-order valence-electron chi connectivity index (χ2n) is 7.11. The number of carbonyl (C=O) groups excluding carboxylic acids is 1. The van der Waals surface area contributed by atoms with Crippen molar-refractivity contribution in [2.45, 2.75) is 25.8 Å². The Morgan fingerprint density at radius 3 is 2.73 bits per heavy atom. The van der Waals surface area contributed by atoms with Gasteiger partial charge in [0.25, 0.3) is 0 Å². The lowest BCUT2D eigenvalue weighted by atomic mass is 9.85. The van der Waals surface area contributed by atoms with E-state index in [9.17, 15) is 9.90 Å². The fourth-order valence-electron chi connectivity index (χ4n) is 2.94. The molecule has 0 saturated carbocycles. The van der Waals surface area contributed by atoms with Gasteiger partial charge < -0.3 is 20.1 Å². The van der Waals surface area contributed by atoms with Crippen LogP contribution in [-0.2, 0) is 12.0 Å². The molecular formula is C20H23ClN2O3. The van der Waals surface area contributed by atoms with Crippen LogP contribution in [0.4, 0.5) is 4.79 Å².